The number of hydrogen-bond acceptors (Lipinski definition) is 4. The van der Waals surface area contributed by atoms with Crippen LogP contribution in [0.4, 0.5) is 24.8 Å². The van der Waals surface area contributed by atoms with Crippen LogP contribution in [-0.4, -0.2) is 21.9 Å². The number of nitrogens with zero attached hydrogens (tertiary/aromatic N) is 2. The maximum absolute atomic E-state index is 12.6. The Morgan fingerprint density at radius 3 is 2.32 bits per heavy atom. The summed E-state index contributed by atoms with van der Waals surface area (Å²) < 4.78 is 38.4. The zero-order valence-corrected chi connectivity index (χ0v) is 14.9. The summed E-state index contributed by atoms with van der Waals surface area (Å²) in [5.41, 5.74) is -0.191. The number of carbonyl (C=O) groups excluding carboxylic acids is 1. The average molecular weight is 417 g/mol. The minimum atomic E-state index is -4.37. The molecule has 25 heavy (non-hydrogen) atoms. The predicted molar refractivity (Wildman–Crippen MR) is 92.1 cm³/mol. The lowest BCUT2D eigenvalue weighted by atomic mass is 10.1. The van der Waals surface area contributed by atoms with E-state index in [1.165, 1.54) is 24.5 Å². The molecular formula is C16H16BrF3N4O. The van der Waals surface area contributed by atoms with Crippen molar-refractivity contribution in [2.75, 3.05) is 10.6 Å². The average Bonchev–Trinajstić information content (AvgIpc) is 2.56. The van der Waals surface area contributed by atoms with Crippen molar-refractivity contribution >= 4 is 33.5 Å². The third-order valence-corrected chi connectivity index (χ3v) is 3.79. The van der Waals surface area contributed by atoms with Crippen LogP contribution in [0.2, 0.25) is 0 Å². The van der Waals surface area contributed by atoms with Crippen LogP contribution in [0.5, 0.6) is 0 Å². The second-order valence-corrected chi connectivity index (χ2v) is 6.22. The highest BCUT2D eigenvalue weighted by atomic mass is 79.9. The molecule has 1 atom stereocenters. The molecule has 0 aliphatic heterocycles. The van der Waals surface area contributed by atoms with Crippen molar-refractivity contribution in [1.29, 1.82) is 0 Å². The van der Waals surface area contributed by atoms with Crippen LogP contribution in [0, 0.1) is 0 Å². The number of alkyl halides is 3. The lowest BCUT2D eigenvalue weighted by Crippen LogP contribution is -2.26. The number of aromatic nitrogens is 2. The van der Waals surface area contributed by atoms with E-state index in [1.807, 2.05) is 6.92 Å². The minimum absolute atomic E-state index is 0.136. The highest BCUT2D eigenvalue weighted by molar-refractivity contribution is 9.10. The molecule has 2 N–H and O–H groups in total. The molecule has 1 amide bonds. The van der Waals surface area contributed by atoms with Gasteiger partial charge in [0.05, 0.1) is 10.0 Å². The summed E-state index contributed by atoms with van der Waals surface area (Å²) in [7, 11) is 0. The SMILES string of the molecule is CCC(CC(=O)Nc1ncc(Br)cn1)Nc1ccc(C(F)(F)F)cc1. The van der Waals surface area contributed by atoms with Crippen molar-refractivity contribution in [1.82, 2.24) is 9.97 Å². The summed E-state index contributed by atoms with van der Waals surface area (Å²) in [4.78, 5) is 20.0. The maximum atomic E-state index is 12.6. The molecule has 1 heterocycles. The van der Waals surface area contributed by atoms with Gasteiger partial charge >= 0.3 is 6.18 Å². The fourth-order valence-corrected chi connectivity index (χ4v) is 2.27. The molecule has 1 aromatic carbocycles. The summed E-state index contributed by atoms with van der Waals surface area (Å²) >= 11 is 3.20. The molecule has 2 rings (SSSR count). The predicted octanol–water partition coefficient (Wildman–Crippen LogP) is 4.48. The van der Waals surface area contributed by atoms with Crippen molar-refractivity contribution in [3.05, 3.63) is 46.7 Å². The Labute approximate surface area is 151 Å². The lowest BCUT2D eigenvalue weighted by Gasteiger charge is -2.18. The molecule has 2 aromatic rings. The molecule has 0 radical (unpaired) electrons. The highest BCUT2D eigenvalue weighted by Gasteiger charge is 2.30. The Morgan fingerprint density at radius 2 is 1.80 bits per heavy atom. The summed E-state index contributed by atoms with van der Waals surface area (Å²) in [6.07, 6.45) is -0.583. The van der Waals surface area contributed by atoms with Gasteiger partial charge in [-0.2, -0.15) is 13.2 Å². The number of nitrogens with one attached hydrogen (secondary N) is 2. The fourth-order valence-electron chi connectivity index (χ4n) is 2.06. The summed E-state index contributed by atoms with van der Waals surface area (Å²) in [5.74, 6) is -0.0915. The zero-order valence-electron chi connectivity index (χ0n) is 13.3. The molecule has 0 aliphatic carbocycles. The standard InChI is InChI=1S/C16H16BrF3N4O/c1-2-12(7-14(25)24-15-21-8-11(17)9-22-15)23-13-5-3-10(4-6-13)16(18,19)20/h3-6,8-9,12,23H,2,7H2,1H3,(H,21,22,24,25). The van der Waals surface area contributed by atoms with Gasteiger partial charge < -0.3 is 5.32 Å². The summed E-state index contributed by atoms with van der Waals surface area (Å²) in [6.45, 7) is 1.88. The van der Waals surface area contributed by atoms with Crippen molar-refractivity contribution in [3.8, 4) is 0 Å². The number of carbonyl (C=O) groups is 1. The van der Waals surface area contributed by atoms with Gasteiger partial charge in [-0.3, -0.25) is 10.1 Å². The van der Waals surface area contributed by atoms with Crippen LogP contribution in [0.15, 0.2) is 41.1 Å². The number of amides is 1. The van der Waals surface area contributed by atoms with E-state index in [4.69, 9.17) is 0 Å². The molecule has 0 saturated carbocycles. The maximum Gasteiger partial charge on any atom is 0.416 e. The van der Waals surface area contributed by atoms with Gasteiger partial charge in [0.25, 0.3) is 0 Å². The Morgan fingerprint density at radius 1 is 1.20 bits per heavy atom. The van der Waals surface area contributed by atoms with Crippen LogP contribution >= 0.6 is 15.9 Å². The van der Waals surface area contributed by atoms with Crippen molar-refractivity contribution < 1.29 is 18.0 Å². The monoisotopic (exact) mass is 416 g/mol. The second-order valence-electron chi connectivity index (χ2n) is 5.30. The Hall–Kier alpha value is -2.16. The summed E-state index contributed by atoms with van der Waals surface area (Å²) in [6, 6.07) is 4.48. The van der Waals surface area contributed by atoms with Gasteiger partial charge in [-0.15, -0.1) is 0 Å². The number of hydrogen-bond donors (Lipinski definition) is 2. The molecule has 0 bridgehead atoms. The van der Waals surface area contributed by atoms with Gasteiger partial charge in [0.15, 0.2) is 0 Å². The minimum Gasteiger partial charge on any atom is -0.382 e. The van der Waals surface area contributed by atoms with E-state index in [2.05, 4.69) is 36.5 Å². The van der Waals surface area contributed by atoms with E-state index in [0.717, 1.165) is 12.1 Å². The molecule has 0 fully saturated rings. The summed E-state index contributed by atoms with van der Waals surface area (Å²) in [5, 5.41) is 5.63. The first-order valence-electron chi connectivity index (χ1n) is 7.49. The van der Waals surface area contributed by atoms with Gasteiger partial charge in [0.1, 0.15) is 0 Å². The number of anilines is 2. The normalized spacial score (nSPS) is 12.5. The van der Waals surface area contributed by atoms with Gasteiger partial charge in [0, 0.05) is 30.5 Å². The molecule has 0 spiro atoms. The highest BCUT2D eigenvalue weighted by Crippen LogP contribution is 2.30. The Balaban J connectivity index is 1.93. The molecular weight excluding hydrogens is 401 g/mol. The molecule has 0 saturated heterocycles. The Kier molecular flexibility index (Phi) is 6.35. The van der Waals surface area contributed by atoms with Crippen LogP contribution in [0.3, 0.4) is 0 Å². The third-order valence-electron chi connectivity index (χ3n) is 3.38. The number of rotatable bonds is 6. The van der Waals surface area contributed by atoms with Gasteiger partial charge in [0.2, 0.25) is 11.9 Å². The molecule has 0 aliphatic rings. The topological polar surface area (TPSA) is 66.9 Å². The smallest absolute Gasteiger partial charge is 0.382 e. The first-order valence-corrected chi connectivity index (χ1v) is 8.28. The van der Waals surface area contributed by atoms with Crippen LogP contribution in [0.25, 0.3) is 0 Å². The molecule has 134 valence electrons. The zero-order chi connectivity index (χ0) is 18.4. The molecule has 5 nitrogen and oxygen atoms in total. The molecule has 1 aromatic heterocycles. The van der Waals surface area contributed by atoms with Crippen LogP contribution in [0.1, 0.15) is 25.3 Å². The fraction of sp³-hybridized carbons (Fsp3) is 0.312. The van der Waals surface area contributed by atoms with Gasteiger partial charge in [-0.25, -0.2) is 9.97 Å². The van der Waals surface area contributed by atoms with Gasteiger partial charge in [-0.05, 0) is 46.6 Å². The first-order chi connectivity index (χ1) is 11.8. The quantitative estimate of drug-likeness (QED) is 0.728. The van der Waals surface area contributed by atoms with E-state index in [-0.39, 0.29) is 24.3 Å². The van der Waals surface area contributed by atoms with Crippen molar-refractivity contribution in [2.45, 2.75) is 32.0 Å². The Bertz CT molecular complexity index is 705. The lowest BCUT2D eigenvalue weighted by molar-refractivity contribution is -0.137. The first kappa shape index (κ1) is 19.2. The van der Waals surface area contributed by atoms with Crippen molar-refractivity contribution in [2.24, 2.45) is 0 Å². The molecule has 9 heteroatoms. The third kappa shape index (κ3) is 6.00. The van der Waals surface area contributed by atoms with Crippen molar-refractivity contribution in [3.63, 3.8) is 0 Å². The number of halogens is 4. The van der Waals surface area contributed by atoms with E-state index in [9.17, 15) is 18.0 Å². The largest absolute Gasteiger partial charge is 0.416 e. The van der Waals surface area contributed by atoms with Crippen LogP contribution < -0.4 is 10.6 Å². The van der Waals surface area contributed by atoms with E-state index in [1.54, 1.807) is 0 Å². The van der Waals surface area contributed by atoms with Gasteiger partial charge in [-0.1, -0.05) is 6.92 Å². The van der Waals surface area contributed by atoms with E-state index < -0.39 is 11.7 Å². The van der Waals surface area contributed by atoms with E-state index >= 15 is 0 Å². The van der Waals surface area contributed by atoms with E-state index in [0.29, 0.717) is 16.6 Å². The van der Waals surface area contributed by atoms with Crippen LogP contribution in [-0.2, 0) is 11.0 Å². The molecule has 1 unspecified atom stereocenters. The number of benzene rings is 1. The second kappa shape index (κ2) is 8.28.